The second-order valence-electron chi connectivity index (χ2n) is 8.50. The highest BCUT2D eigenvalue weighted by molar-refractivity contribution is 5.89. The maximum absolute atomic E-state index is 12.8. The molecule has 2 heterocycles. The molecule has 1 aliphatic carbocycles. The molecule has 0 saturated heterocycles. The van der Waals surface area contributed by atoms with E-state index < -0.39 is 11.4 Å². The summed E-state index contributed by atoms with van der Waals surface area (Å²) in [6.07, 6.45) is 8.02. The maximum Gasteiger partial charge on any atom is 0.315 e. The topological polar surface area (TPSA) is 55.1 Å². The third-order valence-corrected chi connectivity index (χ3v) is 6.79. The Bertz CT molecular complexity index is 1030. The number of nitrogens with zero attached hydrogens (tertiary/aromatic N) is 2. The highest BCUT2D eigenvalue weighted by Gasteiger charge is 2.47. The van der Waals surface area contributed by atoms with Crippen molar-refractivity contribution in [3.05, 3.63) is 54.1 Å². The van der Waals surface area contributed by atoms with E-state index in [0.29, 0.717) is 18.9 Å². The molecule has 1 saturated carbocycles. The summed E-state index contributed by atoms with van der Waals surface area (Å²) in [5, 5.41) is 10.5. The van der Waals surface area contributed by atoms with E-state index in [9.17, 15) is 9.90 Å². The predicted octanol–water partition coefficient (Wildman–Crippen LogP) is 5.40. The fourth-order valence-electron chi connectivity index (χ4n) is 5.40. The SMILES string of the molecule is O=C(O)C1(CC2CCCCCC2)Cn2c(nc3ccccc32)-c2ccccc21. The highest BCUT2D eigenvalue weighted by Crippen LogP contribution is 2.46. The number of rotatable bonds is 3. The molecule has 4 heteroatoms. The molecule has 0 bridgehead atoms. The first kappa shape index (κ1) is 17.5. The van der Waals surface area contributed by atoms with E-state index in [1.165, 1.54) is 25.7 Å². The lowest BCUT2D eigenvalue weighted by molar-refractivity contribution is -0.145. The number of para-hydroxylation sites is 2. The van der Waals surface area contributed by atoms with Crippen LogP contribution in [0.4, 0.5) is 0 Å². The van der Waals surface area contributed by atoms with Gasteiger partial charge in [0.25, 0.3) is 0 Å². The number of carboxylic acid groups (broad SMARTS) is 1. The lowest BCUT2D eigenvalue weighted by Crippen LogP contribution is -2.44. The third kappa shape index (κ3) is 2.66. The van der Waals surface area contributed by atoms with Gasteiger partial charge in [0.05, 0.1) is 11.0 Å². The van der Waals surface area contributed by atoms with Gasteiger partial charge in [-0.25, -0.2) is 4.98 Å². The highest BCUT2D eigenvalue weighted by atomic mass is 16.4. The van der Waals surface area contributed by atoms with Gasteiger partial charge in [-0.2, -0.15) is 0 Å². The standard InChI is InChI=1S/C24H26N2O2/c27-23(28)24(15-17-9-3-1-2-4-10-17)16-26-21-14-8-7-13-20(21)25-22(26)18-11-5-6-12-19(18)24/h5-8,11-14,17H,1-4,9-10,15-16H2,(H,27,28). The molecule has 28 heavy (non-hydrogen) atoms. The van der Waals surface area contributed by atoms with E-state index in [0.717, 1.165) is 40.8 Å². The number of aliphatic carboxylic acids is 1. The average Bonchev–Trinajstić information content (AvgIpc) is 2.89. The smallest absolute Gasteiger partial charge is 0.315 e. The Morgan fingerprint density at radius 2 is 1.75 bits per heavy atom. The number of hydrogen-bond acceptors (Lipinski definition) is 2. The van der Waals surface area contributed by atoms with Gasteiger partial charge in [0, 0.05) is 12.1 Å². The largest absolute Gasteiger partial charge is 0.481 e. The molecular formula is C24H26N2O2. The summed E-state index contributed by atoms with van der Waals surface area (Å²) in [5.41, 5.74) is 2.99. The molecule has 1 unspecified atom stereocenters. The second kappa shape index (κ2) is 6.77. The quantitative estimate of drug-likeness (QED) is 0.625. The first-order valence-corrected chi connectivity index (χ1v) is 10.5. The van der Waals surface area contributed by atoms with Gasteiger partial charge in [0.2, 0.25) is 0 Å². The summed E-state index contributed by atoms with van der Waals surface area (Å²) in [4.78, 5) is 17.7. The van der Waals surface area contributed by atoms with E-state index >= 15 is 0 Å². The first-order valence-electron chi connectivity index (χ1n) is 10.5. The average molecular weight is 374 g/mol. The Morgan fingerprint density at radius 1 is 1.04 bits per heavy atom. The Hall–Kier alpha value is -2.62. The van der Waals surface area contributed by atoms with Crippen molar-refractivity contribution in [2.45, 2.75) is 56.9 Å². The van der Waals surface area contributed by atoms with Crippen LogP contribution in [0.5, 0.6) is 0 Å². The number of carboxylic acids is 1. The molecule has 1 N–H and O–H groups in total. The van der Waals surface area contributed by atoms with Gasteiger partial charge in [0.1, 0.15) is 11.2 Å². The summed E-state index contributed by atoms with van der Waals surface area (Å²) in [6.45, 7) is 0.464. The molecule has 0 amide bonds. The number of carbonyl (C=O) groups is 1. The van der Waals surface area contributed by atoms with Crippen LogP contribution in [0.15, 0.2) is 48.5 Å². The molecule has 2 aliphatic rings. The number of hydrogen-bond donors (Lipinski definition) is 1. The van der Waals surface area contributed by atoms with Crippen LogP contribution in [0.2, 0.25) is 0 Å². The Balaban J connectivity index is 1.68. The third-order valence-electron chi connectivity index (χ3n) is 6.79. The van der Waals surface area contributed by atoms with Crippen molar-refractivity contribution in [1.29, 1.82) is 0 Å². The van der Waals surface area contributed by atoms with Gasteiger partial charge >= 0.3 is 5.97 Å². The van der Waals surface area contributed by atoms with Gasteiger partial charge in [-0.3, -0.25) is 4.79 Å². The normalized spacial score (nSPS) is 22.4. The number of aromatic nitrogens is 2. The zero-order valence-electron chi connectivity index (χ0n) is 16.1. The van der Waals surface area contributed by atoms with Crippen molar-refractivity contribution in [1.82, 2.24) is 9.55 Å². The number of benzene rings is 2. The molecule has 0 radical (unpaired) electrons. The minimum Gasteiger partial charge on any atom is -0.481 e. The molecule has 5 rings (SSSR count). The monoisotopic (exact) mass is 374 g/mol. The Labute approximate surface area is 165 Å². The molecule has 0 spiro atoms. The summed E-state index contributed by atoms with van der Waals surface area (Å²) in [6, 6.07) is 16.1. The minimum absolute atomic E-state index is 0.464. The summed E-state index contributed by atoms with van der Waals surface area (Å²) < 4.78 is 2.14. The maximum atomic E-state index is 12.8. The molecular weight excluding hydrogens is 348 g/mol. The fraction of sp³-hybridized carbons (Fsp3) is 0.417. The zero-order chi connectivity index (χ0) is 19.1. The summed E-state index contributed by atoms with van der Waals surface area (Å²) >= 11 is 0. The van der Waals surface area contributed by atoms with Gasteiger partial charge in [-0.15, -0.1) is 0 Å². The molecule has 1 aliphatic heterocycles. The molecule has 1 aromatic heterocycles. The second-order valence-corrected chi connectivity index (χ2v) is 8.50. The number of imidazole rings is 1. The summed E-state index contributed by atoms with van der Waals surface area (Å²) in [7, 11) is 0. The van der Waals surface area contributed by atoms with Crippen LogP contribution in [-0.4, -0.2) is 20.6 Å². The predicted molar refractivity (Wildman–Crippen MR) is 110 cm³/mol. The van der Waals surface area contributed by atoms with Crippen molar-refractivity contribution in [3.8, 4) is 11.4 Å². The molecule has 1 atom stereocenters. The van der Waals surface area contributed by atoms with Crippen LogP contribution in [0.1, 0.15) is 50.5 Å². The molecule has 3 aromatic rings. The van der Waals surface area contributed by atoms with Crippen molar-refractivity contribution >= 4 is 17.0 Å². The summed E-state index contributed by atoms with van der Waals surface area (Å²) in [5.74, 6) is 0.671. The molecule has 4 nitrogen and oxygen atoms in total. The van der Waals surface area contributed by atoms with E-state index in [-0.39, 0.29) is 0 Å². The lowest BCUT2D eigenvalue weighted by atomic mass is 9.69. The zero-order valence-corrected chi connectivity index (χ0v) is 16.1. The van der Waals surface area contributed by atoms with Crippen molar-refractivity contribution < 1.29 is 9.90 Å². The van der Waals surface area contributed by atoms with Crippen molar-refractivity contribution in [3.63, 3.8) is 0 Å². The van der Waals surface area contributed by atoms with E-state index in [2.05, 4.69) is 10.6 Å². The van der Waals surface area contributed by atoms with Crippen LogP contribution in [0.3, 0.4) is 0 Å². The lowest BCUT2D eigenvalue weighted by Gasteiger charge is -2.38. The van der Waals surface area contributed by atoms with Crippen LogP contribution >= 0.6 is 0 Å². The fourth-order valence-corrected chi connectivity index (χ4v) is 5.40. The van der Waals surface area contributed by atoms with Crippen LogP contribution in [-0.2, 0) is 16.8 Å². The number of fused-ring (bicyclic) bond motifs is 5. The Morgan fingerprint density at radius 3 is 2.54 bits per heavy atom. The van der Waals surface area contributed by atoms with Crippen molar-refractivity contribution in [2.75, 3.05) is 0 Å². The van der Waals surface area contributed by atoms with Crippen molar-refractivity contribution in [2.24, 2.45) is 5.92 Å². The van der Waals surface area contributed by atoms with Gasteiger partial charge in [-0.05, 0) is 30.0 Å². The van der Waals surface area contributed by atoms with Gasteiger partial charge < -0.3 is 9.67 Å². The molecule has 1 fully saturated rings. The minimum atomic E-state index is -0.887. The molecule has 144 valence electrons. The van der Waals surface area contributed by atoms with E-state index in [4.69, 9.17) is 4.98 Å². The van der Waals surface area contributed by atoms with Gasteiger partial charge in [-0.1, -0.05) is 74.9 Å². The van der Waals surface area contributed by atoms with E-state index in [1.807, 2.05) is 42.5 Å². The van der Waals surface area contributed by atoms with Crippen LogP contribution in [0.25, 0.3) is 22.4 Å². The van der Waals surface area contributed by atoms with Crippen LogP contribution in [0, 0.1) is 5.92 Å². The Kier molecular flexibility index (Phi) is 4.22. The first-order chi connectivity index (χ1) is 13.7. The van der Waals surface area contributed by atoms with Gasteiger partial charge in [0.15, 0.2) is 0 Å². The van der Waals surface area contributed by atoms with Crippen LogP contribution < -0.4 is 0 Å². The van der Waals surface area contributed by atoms with E-state index in [1.54, 1.807) is 0 Å². The molecule has 2 aromatic carbocycles.